The molecule has 0 aromatic heterocycles. The number of rotatable bonds is 6. The van der Waals surface area contributed by atoms with Gasteiger partial charge >= 0.3 is 0 Å². The number of hydrogen-bond donors (Lipinski definition) is 5. The van der Waals surface area contributed by atoms with Crippen molar-refractivity contribution < 1.29 is 28.0 Å². The van der Waals surface area contributed by atoms with Crippen molar-refractivity contribution >= 4 is 16.0 Å². The fourth-order valence-electron chi connectivity index (χ4n) is 1.48. The molecule has 0 heterocycles. The highest BCUT2D eigenvalue weighted by atomic mass is 32.2. The van der Waals surface area contributed by atoms with E-state index in [2.05, 4.69) is 5.32 Å². The smallest absolute Gasteiger partial charge is 0.266 e. The monoisotopic (exact) mass is 304 g/mol. The average molecular weight is 304 g/mol. The van der Waals surface area contributed by atoms with Gasteiger partial charge in [-0.2, -0.15) is 8.42 Å². The number of aromatic hydroxyl groups is 2. The Hall–Kier alpha value is -1.84. The Bertz CT molecular complexity index is 587. The van der Waals surface area contributed by atoms with Crippen LogP contribution in [0, 0.1) is 0 Å². The van der Waals surface area contributed by atoms with Gasteiger partial charge in [0, 0.05) is 6.54 Å². The zero-order chi connectivity index (χ0) is 15.3. The van der Waals surface area contributed by atoms with Crippen LogP contribution >= 0.6 is 0 Å². The lowest BCUT2D eigenvalue weighted by atomic mass is 10.1. The maximum absolute atomic E-state index is 11.6. The van der Waals surface area contributed by atoms with Gasteiger partial charge in [0.25, 0.3) is 10.1 Å². The van der Waals surface area contributed by atoms with E-state index < -0.39 is 27.8 Å². The number of carbonyl (C=O) groups excluding carboxylic acids is 1. The molecule has 0 bridgehead atoms. The number of phenols is 2. The summed E-state index contributed by atoms with van der Waals surface area (Å²) in [7, 11) is -4.13. The Morgan fingerprint density at radius 2 is 1.95 bits per heavy atom. The minimum absolute atomic E-state index is 0.103. The molecule has 20 heavy (non-hydrogen) atoms. The number of amides is 1. The van der Waals surface area contributed by atoms with Gasteiger partial charge in [-0.25, -0.2) is 0 Å². The summed E-state index contributed by atoms with van der Waals surface area (Å²) in [5.41, 5.74) is 6.16. The molecule has 112 valence electrons. The van der Waals surface area contributed by atoms with Crippen LogP contribution in [0.1, 0.15) is 5.56 Å². The maximum Gasteiger partial charge on any atom is 0.266 e. The minimum atomic E-state index is -4.13. The van der Waals surface area contributed by atoms with Crippen molar-refractivity contribution in [2.45, 2.75) is 12.5 Å². The normalized spacial score (nSPS) is 12.9. The quantitative estimate of drug-likeness (QED) is 0.333. The molecule has 1 amide bonds. The van der Waals surface area contributed by atoms with Gasteiger partial charge in [0.2, 0.25) is 5.91 Å². The molecule has 0 unspecified atom stereocenters. The van der Waals surface area contributed by atoms with Crippen LogP contribution in [0.3, 0.4) is 0 Å². The predicted octanol–water partition coefficient (Wildman–Crippen LogP) is -1.03. The van der Waals surface area contributed by atoms with Crippen LogP contribution in [-0.4, -0.2) is 47.4 Å². The minimum Gasteiger partial charge on any atom is -0.504 e. The van der Waals surface area contributed by atoms with Crippen molar-refractivity contribution in [2.75, 3.05) is 12.3 Å². The summed E-state index contributed by atoms with van der Waals surface area (Å²) >= 11 is 0. The van der Waals surface area contributed by atoms with E-state index in [1.807, 2.05) is 0 Å². The summed E-state index contributed by atoms with van der Waals surface area (Å²) in [6.07, 6.45) is 0.103. The van der Waals surface area contributed by atoms with Gasteiger partial charge < -0.3 is 21.3 Å². The van der Waals surface area contributed by atoms with Gasteiger partial charge in [-0.1, -0.05) is 6.07 Å². The number of carbonyl (C=O) groups is 1. The zero-order valence-electron chi connectivity index (χ0n) is 10.5. The Balaban J connectivity index is 2.51. The summed E-state index contributed by atoms with van der Waals surface area (Å²) in [5, 5.41) is 20.7. The van der Waals surface area contributed by atoms with Crippen LogP contribution in [0.15, 0.2) is 18.2 Å². The lowest BCUT2D eigenvalue weighted by Gasteiger charge is -2.12. The van der Waals surface area contributed by atoms with Gasteiger partial charge in [-0.3, -0.25) is 9.35 Å². The molecule has 9 heteroatoms. The number of phenolic OH excluding ortho intramolecular Hbond substituents is 2. The highest BCUT2D eigenvalue weighted by molar-refractivity contribution is 7.85. The first-order valence-corrected chi connectivity index (χ1v) is 7.29. The summed E-state index contributed by atoms with van der Waals surface area (Å²) < 4.78 is 29.4. The Kier molecular flexibility index (Phi) is 5.31. The van der Waals surface area contributed by atoms with Crippen LogP contribution in [0.25, 0.3) is 0 Å². The van der Waals surface area contributed by atoms with Crippen molar-refractivity contribution in [3.8, 4) is 11.5 Å². The molecule has 0 radical (unpaired) electrons. The van der Waals surface area contributed by atoms with E-state index >= 15 is 0 Å². The fourth-order valence-corrected chi connectivity index (χ4v) is 1.84. The molecule has 0 aliphatic heterocycles. The molecule has 6 N–H and O–H groups in total. The van der Waals surface area contributed by atoms with Crippen molar-refractivity contribution in [3.63, 3.8) is 0 Å². The SMILES string of the molecule is N[C@@H](Cc1ccc(O)c(O)c1)C(=O)NCCS(=O)(=O)O. The van der Waals surface area contributed by atoms with Crippen molar-refractivity contribution in [1.82, 2.24) is 5.32 Å². The maximum atomic E-state index is 11.6. The molecular weight excluding hydrogens is 288 g/mol. The van der Waals surface area contributed by atoms with Gasteiger partial charge in [-0.15, -0.1) is 0 Å². The molecule has 0 saturated heterocycles. The van der Waals surface area contributed by atoms with Gasteiger partial charge in [-0.05, 0) is 24.1 Å². The van der Waals surface area contributed by atoms with Crippen molar-refractivity contribution in [2.24, 2.45) is 5.73 Å². The average Bonchev–Trinajstić information content (AvgIpc) is 2.32. The van der Waals surface area contributed by atoms with Crippen molar-refractivity contribution in [3.05, 3.63) is 23.8 Å². The van der Waals surface area contributed by atoms with E-state index in [1.54, 1.807) is 0 Å². The second-order valence-corrected chi connectivity index (χ2v) is 5.78. The molecule has 1 atom stereocenters. The molecule has 1 rings (SSSR count). The van der Waals surface area contributed by atoms with E-state index in [1.165, 1.54) is 18.2 Å². The summed E-state index contributed by atoms with van der Waals surface area (Å²) in [5.74, 6) is -1.77. The van der Waals surface area contributed by atoms with Crippen LogP contribution in [0.4, 0.5) is 0 Å². The predicted molar refractivity (Wildman–Crippen MR) is 70.9 cm³/mol. The lowest BCUT2D eigenvalue weighted by molar-refractivity contribution is -0.122. The number of benzene rings is 1. The van der Waals surface area contributed by atoms with Crippen LogP contribution in [0.5, 0.6) is 11.5 Å². The molecule has 1 aromatic carbocycles. The molecule has 0 spiro atoms. The van der Waals surface area contributed by atoms with Crippen LogP contribution < -0.4 is 11.1 Å². The van der Waals surface area contributed by atoms with Crippen molar-refractivity contribution in [1.29, 1.82) is 0 Å². The molecule has 0 aliphatic carbocycles. The Morgan fingerprint density at radius 1 is 1.30 bits per heavy atom. The fraction of sp³-hybridized carbons (Fsp3) is 0.364. The third kappa shape index (κ3) is 5.43. The standard InChI is InChI=1S/C11H16N2O6S/c12-8(11(16)13-3-4-20(17,18)19)5-7-1-2-9(14)10(15)6-7/h1-2,6,8,14-15H,3-5,12H2,(H,13,16)(H,17,18,19)/t8-/m0/s1. The lowest BCUT2D eigenvalue weighted by Crippen LogP contribution is -2.43. The Morgan fingerprint density at radius 3 is 2.50 bits per heavy atom. The number of nitrogens with two attached hydrogens (primary N) is 1. The molecular formula is C11H16N2O6S. The zero-order valence-corrected chi connectivity index (χ0v) is 11.3. The van der Waals surface area contributed by atoms with E-state index in [0.29, 0.717) is 5.56 Å². The Labute approximate surface area is 116 Å². The van der Waals surface area contributed by atoms with Crippen LogP contribution in [-0.2, 0) is 21.3 Å². The molecule has 0 saturated carbocycles. The van der Waals surface area contributed by atoms with Gasteiger partial charge in [0.15, 0.2) is 11.5 Å². The molecule has 1 aromatic rings. The number of hydrogen-bond acceptors (Lipinski definition) is 6. The van der Waals surface area contributed by atoms with E-state index in [0.717, 1.165) is 0 Å². The second kappa shape index (κ2) is 6.55. The first-order valence-electron chi connectivity index (χ1n) is 5.68. The summed E-state index contributed by atoms with van der Waals surface area (Å²) in [6.45, 7) is -0.244. The van der Waals surface area contributed by atoms with E-state index in [-0.39, 0.29) is 24.5 Å². The summed E-state index contributed by atoms with van der Waals surface area (Å²) in [6, 6.07) is 3.11. The van der Waals surface area contributed by atoms with Gasteiger partial charge in [0.1, 0.15) is 0 Å². The summed E-state index contributed by atoms with van der Waals surface area (Å²) in [4.78, 5) is 11.6. The molecule has 0 fully saturated rings. The first-order chi connectivity index (χ1) is 9.19. The third-order valence-electron chi connectivity index (χ3n) is 2.49. The van der Waals surface area contributed by atoms with E-state index in [9.17, 15) is 18.3 Å². The highest BCUT2D eigenvalue weighted by Gasteiger charge is 2.15. The van der Waals surface area contributed by atoms with Crippen LogP contribution in [0.2, 0.25) is 0 Å². The molecule has 8 nitrogen and oxygen atoms in total. The molecule has 0 aliphatic rings. The van der Waals surface area contributed by atoms with E-state index in [4.69, 9.17) is 15.4 Å². The van der Waals surface area contributed by atoms with Gasteiger partial charge in [0.05, 0.1) is 11.8 Å². The second-order valence-electron chi connectivity index (χ2n) is 4.21. The third-order valence-corrected chi connectivity index (χ3v) is 3.21. The largest absolute Gasteiger partial charge is 0.504 e. The highest BCUT2D eigenvalue weighted by Crippen LogP contribution is 2.25. The first kappa shape index (κ1) is 16.2. The number of nitrogens with one attached hydrogen (secondary N) is 1. The topological polar surface area (TPSA) is 150 Å².